The standard InChI is InChI=1S/C18H20N2O3/c1-11(2)23-18(22)13-10-20-14-6-3-7-15(21)17(14)16(13)12-5-4-8-19-9-12/h4-5,8-11,16,20H,3,6-7H2,1-2H3. The first-order chi connectivity index (χ1) is 11.1. The van der Waals surface area contributed by atoms with Crippen LogP contribution in [-0.4, -0.2) is 22.8 Å². The molecule has 1 atom stereocenters. The maximum Gasteiger partial charge on any atom is 0.336 e. The highest BCUT2D eigenvalue weighted by Gasteiger charge is 2.37. The van der Waals surface area contributed by atoms with E-state index >= 15 is 0 Å². The Hall–Kier alpha value is -2.43. The van der Waals surface area contributed by atoms with Gasteiger partial charge in [0.2, 0.25) is 0 Å². The van der Waals surface area contributed by atoms with Crippen molar-refractivity contribution in [2.45, 2.75) is 45.1 Å². The summed E-state index contributed by atoms with van der Waals surface area (Å²) >= 11 is 0. The van der Waals surface area contributed by atoms with Crippen molar-refractivity contribution in [2.75, 3.05) is 0 Å². The molecule has 0 amide bonds. The number of dihydropyridines is 1. The van der Waals surface area contributed by atoms with Gasteiger partial charge in [-0.25, -0.2) is 4.79 Å². The highest BCUT2D eigenvalue weighted by atomic mass is 16.5. The predicted molar refractivity (Wildman–Crippen MR) is 85.3 cm³/mol. The number of carbonyl (C=O) groups is 2. The predicted octanol–water partition coefficient (Wildman–Crippen LogP) is 2.61. The van der Waals surface area contributed by atoms with Crippen molar-refractivity contribution < 1.29 is 14.3 Å². The molecule has 1 aliphatic carbocycles. The molecule has 0 radical (unpaired) electrons. The number of aromatic nitrogens is 1. The number of esters is 1. The van der Waals surface area contributed by atoms with E-state index in [0.29, 0.717) is 17.6 Å². The molecule has 120 valence electrons. The number of rotatable bonds is 3. The first kappa shape index (κ1) is 15.5. The van der Waals surface area contributed by atoms with Gasteiger partial charge in [-0.2, -0.15) is 0 Å². The van der Waals surface area contributed by atoms with E-state index in [1.165, 1.54) is 0 Å². The first-order valence-corrected chi connectivity index (χ1v) is 7.91. The zero-order chi connectivity index (χ0) is 16.4. The minimum atomic E-state index is -0.404. The second kappa shape index (κ2) is 6.36. The molecule has 2 heterocycles. The van der Waals surface area contributed by atoms with E-state index in [9.17, 15) is 9.59 Å². The fraction of sp³-hybridized carbons (Fsp3) is 0.389. The molecule has 0 bridgehead atoms. The van der Waals surface area contributed by atoms with Gasteiger partial charge in [-0.15, -0.1) is 0 Å². The van der Waals surface area contributed by atoms with Crippen LogP contribution in [0.15, 0.2) is 47.6 Å². The van der Waals surface area contributed by atoms with Gasteiger partial charge in [0.15, 0.2) is 5.78 Å². The summed E-state index contributed by atoms with van der Waals surface area (Å²) < 4.78 is 5.35. The first-order valence-electron chi connectivity index (χ1n) is 7.91. The summed E-state index contributed by atoms with van der Waals surface area (Å²) in [5, 5.41) is 3.13. The van der Waals surface area contributed by atoms with Gasteiger partial charge in [0, 0.05) is 42.2 Å². The van der Waals surface area contributed by atoms with Crippen LogP contribution < -0.4 is 5.32 Å². The smallest absolute Gasteiger partial charge is 0.336 e. The van der Waals surface area contributed by atoms with E-state index in [1.54, 1.807) is 18.6 Å². The van der Waals surface area contributed by atoms with Gasteiger partial charge in [-0.1, -0.05) is 6.07 Å². The van der Waals surface area contributed by atoms with Crippen LogP contribution in [0.1, 0.15) is 44.6 Å². The lowest BCUT2D eigenvalue weighted by Crippen LogP contribution is -2.32. The van der Waals surface area contributed by atoms with Gasteiger partial charge in [0.05, 0.1) is 11.7 Å². The van der Waals surface area contributed by atoms with Gasteiger partial charge < -0.3 is 10.1 Å². The van der Waals surface area contributed by atoms with E-state index in [2.05, 4.69) is 10.3 Å². The van der Waals surface area contributed by atoms with Gasteiger partial charge in [-0.05, 0) is 38.3 Å². The fourth-order valence-corrected chi connectivity index (χ4v) is 3.10. The summed E-state index contributed by atoms with van der Waals surface area (Å²) in [7, 11) is 0. The summed E-state index contributed by atoms with van der Waals surface area (Å²) in [6.07, 6.45) is 7.03. The molecule has 0 spiro atoms. The normalized spacial score (nSPS) is 20.7. The Morgan fingerprint density at radius 2 is 2.22 bits per heavy atom. The fourth-order valence-electron chi connectivity index (χ4n) is 3.10. The number of hydrogen-bond acceptors (Lipinski definition) is 5. The SMILES string of the molecule is CC(C)OC(=O)C1=CNC2=C(C(=O)CCC2)C1c1cccnc1. The molecule has 2 aliphatic rings. The molecule has 0 fully saturated rings. The molecule has 0 saturated carbocycles. The molecular weight excluding hydrogens is 292 g/mol. The number of Topliss-reactive ketones (excluding diaryl/α,β-unsaturated/α-hetero) is 1. The third-order valence-electron chi connectivity index (χ3n) is 4.05. The topological polar surface area (TPSA) is 68.3 Å². The zero-order valence-corrected chi connectivity index (χ0v) is 13.3. The maximum absolute atomic E-state index is 12.5. The van der Waals surface area contributed by atoms with Crippen molar-refractivity contribution in [1.82, 2.24) is 10.3 Å². The Balaban J connectivity index is 2.05. The number of nitrogens with one attached hydrogen (secondary N) is 1. The van der Waals surface area contributed by atoms with Crippen molar-refractivity contribution in [1.29, 1.82) is 0 Å². The minimum Gasteiger partial charge on any atom is -0.460 e. The van der Waals surface area contributed by atoms with Gasteiger partial charge >= 0.3 is 5.97 Å². The number of allylic oxidation sites excluding steroid dienone is 2. The van der Waals surface area contributed by atoms with E-state index < -0.39 is 11.9 Å². The molecule has 0 saturated heterocycles. The minimum absolute atomic E-state index is 0.0931. The Bertz CT molecular complexity index is 689. The van der Waals surface area contributed by atoms with Crippen LogP contribution in [0.25, 0.3) is 0 Å². The summed E-state index contributed by atoms with van der Waals surface area (Å²) in [5.41, 5.74) is 2.89. The van der Waals surface area contributed by atoms with Gasteiger partial charge in [0.1, 0.15) is 0 Å². The number of pyridine rings is 1. The summed E-state index contributed by atoms with van der Waals surface area (Å²) in [5.74, 6) is -0.708. The Kier molecular flexibility index (Phi) is 4.28. The van der Waals surface area contributed by atoms with Gasteiger partial charge in [0.25, 0.3) is 0 Å². The van der Waals surface area contributed by atoms with E-state index in [0.717, 1.165) is 24.1 Å². The number of ketones is 1. The van der Waals surface area contributed by atoms with Crippen LogP contribution in [0, 0.1) is 0 Å². The molecule has 3 rings (SSSR count). The lowest BCUT2D eigenvalue weighted by molar-refractivity contribution is -0.142. The zero-order valence-electron chi connectivity index (χ0n) is 13.3. The molecule has 5 heteroatoms. The molecule has 1 aliphatic heterocycles. The molecule has 5 nitrogen and oxygen atoms in total. The average Bonchev–Trinajstić information content (AvgIpc) is 2.54. The van der Waals surface area contributed by atoms with E-state index in [-0.39, 0.29) is 11.9 Å². The average molecular weight is 312 g/mol. The van der Waals surface area contributed by atoms with Crippen molar-refractivity contribution in [3.8, 4) is 0 Å². The van der Waals surface area contributed by atoms with Crippen molar-refractivity contribution in [3.05, 3.63) is 53.1 Å². The second-order valence-electron chi connectivity index (χ2n) is 6.09. The summed E-state index contributed by atoms with van der Waals surface area (Å²) in [6, 6.07) is 3.71. The number of hydrogen-bond donors (Lipinski definition) is 1. The van der Waals surface area contributed by atoms with Crippen LogP contribution in [0.3, 0.4) is 0 Å². The van der Waals surface area contributed by atoms with Crippen LogP contribution in [0.4, 0.5) is 0 Å². The lowest BCUT2D eigenvalue weighted by atomic mass is 9.77. The summed E-state index contributed by atoms with van der Waals surface area (Å²) in [6.45, 7) is 3.62. The Morgan fingerprint density at radius 1 is 1.39 bits per heavy atom. The molecule has 23 heavy (non-hydrogen) atoms. The molecule has 0 aromatic carbocycles. The van der Waals surface area contributed by atoms with Crippen LogP contribution in [0.2, 0.25) is 0 Å². The number of carbonyl (C=O) groups excluding carboxylic acids is 2. The third-order valence-corrected chi connectivity index (χ3v) is 4.05. The van der Waals surface area contributed by atoms with Gasteiger partial charge in [-0.3, -0.25) is 9.78 Å². The molecular formula is C18H20N2O3. The quantitative estimate of drug-likeness (QED) is 0.869. The maximum atomic E-state index is 12.5. The van der Waals surface area contributed by atoms with Crippen molar-refractivity contribution in [3.63, 3.8) is 0 Å². The summed E-state index contributed by atoms with van der Waals surface area (Å²) in [4.78, 5) is 29.1. The van der Waals surface area contributed by atoms with Crippen LogP contribution >= 0.6 is 0 Å². The van der Waals surface area contributed by atoms with Crippen molar-refractivity contribution >= 4 is 11.8 Å². The Morgan fingerprint density at radius 3 is 2.91 bits per heavy atom. The van der Waals surface area contributed by atoms with Crippen LogP contribution in [0.5, 0.6) is 0 Å². The van der Waals surface area contributed by atoms with Crippen molar-refractivity contribution in [2.24, 2.45) is 0 Å². The molecule has 1 unspecified atom stereocenters. The molecule has 1 aromatic heterocycles. The van der Waals surface area contributed by atoms with E-state index in [4.69, 9.17) is 4.74 Å². The van der Waals surface area contributed by atoms with Crippen LogP contribution in [-0.2, 0) is 14.3 Å². The lowest BCUT2D eigenvalue weighted by Gasteiger charge is -2.31. The van der Waals surface area contributed by atoms with E-state index in [1.807, 2.05) is 26.0 Å². The Labute approximate surface area is 135 Å². The highest BCUT2D eigenvalue weighted by molar-refractivity contribution is 6.03. The largest absolute Gasteiger partial charge is 0.460 e. The second-order valence-corrected chi connectivity index (χ2v) is 6.09. The third kappa shape index (κ3) is 3.04. The number of nitrogens with zero attached hydrogens (tertiary/aromatic N) is 1. The number of ether oxygens (including phenoxy) is 1. The monoisotopic (exact) mass is 312 g/mol. The molecule has 1 N–H and O–H groups in total. The highest BCUT2D eigenvalue weighted by Crippen LogP contribution is 2.40. The molecule has 1 aromatic rings.